The number of amides is 1. The highest BCUT2D eigenvalue weighted by Gasteiger charge is 2.29. The second-order valence-corrected chi connectivity index (χ2v) is 9.37. The van der Waals surface area contributed by atoms with Crippen LogP contribution in [-0.2, 0) is 0 Å². The Balaban J connectivity index is 1.38. The average molecular weight is 501 g/mol. The normalized spacial score (nSPS) is 16.6. The van der Waals surface area contributed by atoms with E-state index < -0.39 is 0 Å². The molecule has 1 saturated heterocycles. The summed E-state index contributed by atoms with van der Waals surface area (Å²) in [5.74, 6) is 1.06. The Morgan fingerprint density at radius 2 is 1.95 bits per heavy atom. The number of ether oxygens (including phenoxy) is 2. The maximum absolute atomic E-state index is 13.0. The molecule has 0 aliphatic carbocycles. The van der Waals surface area contributed by atoms with Crippen molar-refractivity contribution in [1.82, 2.24) is 25.1 Å². The molecule has 0 spiro atoms. The van der Waals surface area contributed by atoms with Gasteiger partial charge in [0.2, 0.25) is 6.79 Å². The number of nitrogens with zero attached hydrogens (tertiary/aromatic N) is 5. The molecule has 6 rings (SSSR count). The van der Waals surface area contributed by atoms with Crippen LogP contribution in [0.3, 0.4) is 0 Å². The van der Waals surface area contributed by atoms with Crippen molar-refractivity contribution in [2.75, 3.05) is 49.9 Å². The Kier molecular flexibility index (Phi) is 5.76. The quantitative estimate of drug-likeness (QED) is 0.378. The third kappa shape index (κ3) is 4.06. The number of nitrogens with two attached hydrogens (primary N) is 1. The first-order valence-electron chi connectivity index (χ1n) is 12.2. The van der Waals surface area contributed by atoms with Crippen LogP contribution in [0.5, 0.6) is 11.5 Å². The van der Waals surface area contributed by atoms with Crippen LogP contribution in [0.25, 0.3) is 22.3 Å². The summed E-state index contributed by atoms with van der Waals surface area (Å²) in [6, 6.07) is 11.2. The number of fused-ring (bicyclic) bond motifs is 2. The van der Waals surface area contributed by atoms with E-state index in [2.05, 4.69) is 20.6 Å². The predicted molar refractivity (Wildman–Crippen MR) is 141 cm³/mol. The minimum absolute atomic E-state index is 0.0317. The molecule has 1 atom stereocenters. The van der Waals surface area contributed by atoms with Gasteiger partial charge in [-0.25, -0.2) is 14.6 Å². The molecule has 4 heterocycles. The monoisotopic (exact) mass is 500 g/mol. The lowest BCUT2D eigenvalue weighted by molar-refractivity contribution is 0.102. The fraction of sp³-hybridized carbons (Fsp3) is 0.308. The van der Waals surface area contributed by atoms with Crippen LogP contribution in [0.4, 0.5) is 17.2 Å². The number of nitrogen functional groups attached to an aromatic ring is 1. The van der Waals surface area contributed by atoms with Crippen molar-refractivity contribution >= 4 is 34.1 Å². The molecule has 4 aromatic rings. The summed E-state index contributed by atoms with van der Waals surface area (Å²) in [4.78, 5) is 23.7. The van der Waals surface area contributed by atoms with E-state index >= 15 is 0 Å². The molecular weight excluding hydrogens is 472 g/mol. The van der Waals surface area contributed by atoms with E-state index in [9.17, 15) is 4.79 Å². The fourth-order valence-corrected chi connectivity index (χ4v) is 4.87. The number of carbonyl (C=O) groups is 1. The Bertz CT molecular complexity index is 1480. The van der Waals surface area contributed by atoms with Gasteiger partial charge in [0, 0.05) is 37.5 Å². The van der Waals surface area contributed by atoms with E-state index in [0.717, 1.165) is 31.6 Å². The lowest BCUT2D eigenvalue weighted by Crippen LogP contribution is -2.32. The standard InChI is InChI=1S/C26H28N8O3/c1-33(2)16-7-5-15(6-8-16)26(35)31-19-10-9-18(22-23(19)37-14-36-22)21-20-24(27)29-13-30-25(20)34(32-21)17-4-3-11-28-12-17/h5-10,13,17,28H,3-4,11-12,14H2,1-2H3,(H,31,35)(H2,27,29,30). The summed E-state index contributed by atoms with van der Waals surface area (Å²) < 4.78 is 13.6. The summed E-state index contributed by atoms with van der Waals surface area (Å²) in [5.41, 5.74) is 10.4. The molecule has 0 bridgehead atoms. The van der Waals surface area contributed by atoms with Gasteiger partial charge >= 0.3 is 0 Å². The third-order valence-corrected chi connectivity index (χ3v) is 6.80. The van der Waals surface area contributed by atoms with Crippen molar-refractivity contribution in [2.45, 2.75) is 18.9 Å². The van der Waals surface area contributed by atoms with Crippen LogP contribution in [0.2, 0.25) is 0 Å². The molecule has 1 amide bonds. The van der Waals surface area contributed by atoms with Gasteiger partial charge in [-0.2, -0.15) is 5.10 Å². The predicted octanol–water partition coefficient (Wildman–Crippen LogP) is 3.05. The summed E-state index contributed by atoms with van der Waals surface area (Å²) in [6.45, 7) is 1.83. The van der Waals surface area contributed by atoms with Crippen LogP contribution in [-0.4, -0.2) is 59.6 Å². The molecule has 0 saturated carbocycles. The number of nitrogens with one attached hydrogen (secondary N) is 2. The number of benzene rings is 2. The van der Waals surface area contributed by atoms with Crippen LogP contribution in [0, 0.1) is 0 Å². The first-order chi connectivity index (χ1) is 18.0. The zero-order valence-corrected chi connectivity index (χ0v) is 20.7. The first-order valence-corrected chi connectivity index (χ1v) is 12.2. The summed E-state index contributed by atoms with van der Waals surface area (Å²) in [7, 11) is 3.91. The average Bonchev–Trinajstić information content (AvgIpc) is 3.56. The molecule has 2 aliphatic heterocycles. The van der Waals surface area contributed by atoms with E-state index in [1.165, 1.54) is 6.33 Å². The number of piperidine rings is 1. The Morgan fingerprint density at radius 3 is 2.70 bits per heavy atom. The van der Waals surface area contributed by atoms with Crippen molar-refractivity contribution in [2.24, 2.45) is 0 Å². The number of aromatic nitrogens is 4. The zero-order chi connectivity index (χ0) is 25.5. The van der Waals surface area contributed by atoms with Crippen LogP contribution < -0.4 is 30.7 Å². The second kappa shape index (κ2) is 9.25. The largest absolute Gasteiger partial charge is 0.453 e. The van der Waals surface area contributed by atoms with Crippen LogP contribution in [0.1, 0.15) is 29.2 Å². The molecule has 11 heteroatoms. The van der Waals surface area contributed by atoms with E-state index in [4.69, 9.17) is 20.3 Å². The molecule has 11 nitrogen and oxygen atoms in total. The Hall–Kier alpha value is -4.38. The molecule has 1 fully saturated rings. The van der Waals surface area contributed by atoms with E-state index in [1.807, 2.05) is 41.9 Å². The van der Waals surface area contributed by atoms with Crippen LogP contribution >= 0.6 is 0 Å². The SMILES string of the molecule is CN(C)c1ccc(C(=O)Nc2ccc(-c3nn(C4CCCNC4)c4ncnc(N)c34)c3c2OCO3)cc1. The van der Waals surface area contributed by atoms with Crippen molar-refractivity contribution < 1.29 is 14.3 Å². The summed E-state index contributed by atoms with van der Waals surface area (Å²) in [5, 5.41) is 12.0. The highest BCUT2D eigenvalue weighted by molar-refractivity contribution is 6.06. The van der Waals surface area contributed by atoms with Crippen molar-refractivity contribution in [3.8, 4) is 22.8 Å². The van der Waals surface area contributed by atoms with E-state index in [0.29, 0.717) is 50.9 Å². The smallest absolute Gasteiger partial charge is 0.255 e. The van der Waals surface area contributed by atoms with Crippen molar-refractivity contribution in [3.63, 3.8) is 0 Å². The number of hydrogen-bond acceptors (Lipinski definition) is 9. The minimum Gasteiger partial charge on any atom is -0.453 e. The number of carbonyl (C=O) groups excluding carboxylic acids is 1. The van der Waals surface area contributed by atoms with Gasteiger partial charge in [-0.3, -0.25) is 4.79 Å². The molecule has 2 aromatic carbocycles. The van der Waals surface area contributed by atoms with Crippen LogP contribution in [0.15, 0.2) is 42.7 Å². The number of rotatable bonds is 5. The Morgan fingerprint density at radius 1 is 1.14 bits per heavy atom. The molecule has 190 valence electrons. The molecule has 0 radical (unpaired) electrons. The fourth-order valence-electron chi connectivity index (χ4n) is 4.87. The van der Waals surface area contributed by atoms with Gasteiger partial charge in [-0.05, 0) is 55.8 Å². The molecule has 2 aliphatic rings. The van der Waals surface area contributed by atoms with Crippen molar-refractivity contribution in [1.29, 1.82) is 0 Å². The maximum Gasteiger partial charge on any atom is 0.255 e. The third-order valence-electron chi connectivity index (χ3n) is 6.80. The maximum atomic E-state index is 13.0. The summed E-state index contributed by atoms with van der Waals surface area (Å²) in [6.07, 6.45) is 3.51. The number of anilines is 3. The first kappa shape index (κ1) is 23.0. The molecule has 2 aromatic heterocycles. The van der Waals surface area contributed by atoms with Gasteiger partial charge in [0.15, 0.2) is 17.1 Å². The molecule has 37 heavy (non-hydrogen) atoms. The summed E-state index contributed by atoms with van der Waals surface area (Å²) >= 11 is 0. The van der Waals surface area contributed by atoms with Gasteiger partial charge in [0.1, 0.15) is 17.8 Å². The van der Waals surface area contributed by atoms with Gasteiger partial charge in [-0.15, -0.1) is 0 Å². The molecule has 1 unspecified atom stereocenters. The van der Waals surface area contributed by atoms with E-state index in [-0.39, 0.29) is 18.7 Å². The van der Waals surface area contributed by atoms with Crippen molar-refractivity contribution in [3.05, 3.63) is 48.3 Å². The number of hydrogen-bond donors (Lipinski definition) is 3. The van der Waals surface area contributed by atoms with Gasteiger partial charge in [0.05, 0.1) is 17.1 Å². The van der Waals surface area contributed by atoms with Gasteiger partial charge < -0.3 is 30.7 Å². The second-order valence-electron chi connectivity index (χ2n) is 9.37. The lowest BCUT2D eigenvalue weighted by atomic mass is 10.1. The highest BCUT2D eigenvalue weighted by Crippen LogP contribution is 2.48. The molecular formula is C26H28N8O3. The van der Waals surface area contributed by atoms with E-state index in [1.54, 1.807) is 18.2 Å². The van der Waals surface area contributed by atoms with Gasteiger partial charge in [0.25, 0.3) is 5.91 Å². The zero-order valence-electron chi connectivity index (χ0n) is 20.7. The Labute approximate surface area is 213 Å². The minimum atomic E-state index is -0.243. The molecule has 4 N–H and O–H groups in total. The topological polar surface area (TPSA) is 132 Å². The lowest BCUT2D eigenvalue weighted by Gasteiger charge is -2.23. The highest BCUT2D eigenvalue weighted by atomic mass is 16.7. The van der Waals surface area contributed by atoms with Gasteiger partial charge in [-0.1, -0.05) is 0 Å².